The largest absolute Gasteiger partial charge is 0.478 e. The molecule has 0 saturated heterocycles. The maximum Gasteiger partial charge on any atom is 0.335 e. The standard InChI is InChI=1S/C18H17NO5/c1-23-12-24-16-8-5-13(6-9-16)7-10-17(20)19-15-4-2-3-14(11-15)18(21)22/h2-11H,12H2,1H3,(H,19,20)(H,21,22)/b10-7+. The van der Waals surface area contributed by atoms with Crippen molar-refractivity contribution in [2.75, 3.05) is 19.2 Å². The van der Waals surface area contributed by atoms with Crippen LogP contribution in [0.25, 0.3) is 6.08 Å². The number of nitrogens with one attached hydrogen (secondary N) is 1. The van der Waals surface area contributed by atoms with Gasteiger partial charge >= 0.3 is 5.97 Å². The van der Waals surface area contributed by atoms with Gasteiger partial charge in [-0.05, 0) is 42.0 Å². The highest BCUT2D eigenvalue weighted by molar-refractivity contribution is 6.02. The van der Waals surface area contributed by atoms with Gasteiger partial charge < -0.3 is 19.9 Å². The molecule has 0 spiro atoms. The van der Waals surface area contributed by atoms with E-state index in [2.05, 4.69) is 5.32 Å². The molecule has 1 amide bonds. The third-order valence-electron chi connectivity index (χ3n) is 3.03. The highest BCUT2D eigenvalue weighted by Crippen LogP contribution is 2.14. The Hall–Kier alpha value is -3.12. The number of carboxylic acids is 1. The lowest BCUT2D eigenvalue weighted by atomic mass is 10.2. The summed E-state index contributed by atoms with van der Waals surface area (Å²) in [7, 11) is 1.54. The Morgan fingerprint density at radius 1 is 1.17 bits per heavy atom. The second-order valence-corrected chi connectivity index (χ2v) is 4.83. The number of carbonyl (C=O) groups is 2. The van der Waals surface area contributed by atoms with Crippen LogP contribution in [0.2, 0.25) is 0 Å². The molecule has 2 aromatic carbocycles. The minimum absolute atomic E-state index is 0.114. The molecular formula is C18H17NO5. The number of amides is 1. The Labute approximate surface area is 139 Å². The molecule has 2 aromatic rings. The average Bonchev–Trinajstić information content (AvgIpc) is 2.59. The smallest absolute Gasteiger partial charge is 0.335 e. The van der Waals surface area contributed by atoms with Gasteiger partial charge in [0.05, 0.1) is 5.56 Å². The zero-order chi connectivity index (χ0) is 17.4. The maximum absolute atomic E-state index is 11.9. The van der Waals surface area contributed by atoms with Gasteiger partial charge in [0.15, 0.2) is 6.79 Å². The Morgan fingerprint density at radius 2 is 1.92 bits per heavy atom. The number of aromatic carboxylic acids is 1. The molecule has 0 fully saturated rings. The molecule has 6 heteroatoms. The van der Waals surface area contributed by atoms with Gasteiger partial charge in [-0.2, -0.15) is 0 Å². The van der Waals surface area contributed by atoms with Crippen LogP contribution in [-0.2, 0) is 9.53 Å². The molecule has 0 radical (unpaired) electrons. The first-order chi connectivity index (χ1) is 11.6. The van der Waals surface area contributed by atoms with Gasteiger partial charge in [-0.25, -0.2) is 4.79 Å². The fraction of sp³-hybridized carbons (Fsp3) is 0.111. The molecule has 124 valence electrons. The predicted octanol–water partition coefficient (Wildman–Crippen LogP) is 3.02. The highest BCUT2D eigenvalue weighted by Gasteiger charge is 2.04. The molecular weight excluding hydrogens is 310 g/mol. The summed E-state index contributed by atoms with van der Waals surface area (Å²) in [6, 6.07) is 13.2. The van der Waals surface area contributed by atoms with Crippen LogP contribution in [0.5, 0.6) is 5.75 Å². The molecule has 2 rings (SSSR count). The van der Waals surface area contributed by atoms with Crippen molar-refractivity contribution in [2.24, 2.45) is 0 Å². The van der Waals surface area contributed by atoms with Crippen molar-refractivity contribution in [1.29, 1.82) is 0 Å². The third kappa shape index (κ3) is 5.26. The zero-order valence-corrected chi connectivity index (χ0v) is 13.1. The lowest BCUT2D eigenvalue weighted by molar-refractivity contribution is -0.111. The highest BCUT2D eigenvalue weighted by atomic mass is 16.7. The molecule has 0 aliphatic rings. The first-order valence-electron chi connectivity index (χ1n) is 7.12. The Balaban J connectivity index is 1.95. The zero-order valence-electron chi connectivity index (χ0n) is 13.1. The van der Waals surface area contributed by atoms with Gasteiger partial charge in [-0.15, -0.1) is 0 Å². The summed E-state index contributed by atoms with van der Waals surface area (Å²) >= 11 is 0. The molecule has 0 heterocycles. The van der Waals surface area contributed by atoms with Crippen molar-refractivity contribution >= 4 is 23.6 Å². The molecule has 6 nitrogen and oxygen atoms in total. The van der Waals surface area contributed by atoms with Crippen molar-refractivity contribution in [3.63, 3.8) is 0 Å². The summed E-state index contributed by atoms with van der Waals surface area (Å²) in [5.41, 5.74) is 1.37. The van der Waals surface area contributed by atoms with E-state index in [0.717, 1.165) is 5.56 Å². The number of anilines is 1. The first kappa shape index (κ1) is 17.2. The average molecular weight is 327 g/mol. The van der Waals surface area contributed by atoms with E-state index in [1.54, 1.807) is 49.6 Å². The molecule has 0 bridgehead atoms. The predicted molar refractivity (Wildman–Crippen MR) is 90.0 cm³/mol. The molecule has 24 heavy (non-hydrogen) atoms. The summed E-state index contributed by atoms with van der Waals surface area (Å²) in [5.74, 6) is -0.724. The molecule has 2 N–H and O–H groups in total. The van der Waals surface area contributed by atoms with Crippen molar-refractivity contribution < 1.29 is 24.2 Å². The SMILES string of the molecule is COCOc1ccc(/C=C/C(=O)Nc2cccc(C(=O)O)c2)cc1. The molecule has 0 atom stereocenters. The van der Waals surface area contributed by atoms with Gasteiger partial charge in [0.25, 0.3) is 0 Å². The second-order valence-electron chi connectivity index (χ2n) is 4.83. The van der Waals surface area contributed by atoms with Crippen LogP contribution < -0.4 is 10.1 Å². The maximum atomic E-state index is 11.9. The van der Waals surface area contributed by atoms with Crippen molar-refractivity contribution in [1.82, 2.24) is 0 Å². The van der Waals surface area contributed by atoms with E-state index in [-0.39, 0.29) is 18.3 Å². The number of methoxy groups -OCH3 is 1. The Morgan fingerprint density at radius 3 is 2.58 bits per heavy atom. The van der Waals surface area contributed by atoms with Crippen molar-refractivity contribution in [3.8, 4) is 5.75 Å². The van der Waals surface area contributed by atoms with Crippen LogP contribution in [0.1, 0.15) is 15.9 Å². The van der Waals surface area contributed by atoms with Gasteiger partial charge in [-0.3, -0.25) is 4.79 Å². The van der Waals surface area contributed by atoms with Crippen molar-refractivity contribution in [3.05, 3.63) is 65.7 Å². The number of rotatable bonds is 7. The number of carbonyl (C=O) groups excluding carboxylic acids is 1. The first-order valence-corrected chi connectivity index (χ1v) is 7.12. The molecule has 0 aromatic heterocycles. The van der Waals surface area contributed by atoms with E-state index < -0.39 is 5.97 Å². The molecule has 0 saturated carbocycles. The second kappa shape index (κ2) is 8.50. The van der Waals surface area contributed by atoms with Crippen molar-refractivity contribution in [2.45, 2.75) is 0 Å². The van der Waals surface area contributed by atoms with Crippen LogP contribution in [0.4, 0.5) is 5.69 Å². The van der Waals surface area contributed by atoms with Crippen LogP contribution >= 0.6 is 0 Å². The third-order valence-corrected chi connectivity index (χ3v) is 3.03. The van der Waals surface area contributed by atoms with Gasteiger partial charge in [0.1, 0.15) is 5.75 Å². The van der Waals surface area contributed by atoms with Crippen LogP contribution in [0.15, 0.2) is 54.6 Å². The molecule has 0 unspecified atom stereocenters. The van der Waals surface area contributed by atoms with Gasteiger partial charge in [0, 0.05) is 18.9 Å². The van der Waals surface area contributed by atoms with E-state index in [1.807, 2.05) is 0 Å². The van der Waals surface area contributed by atoms with E-state index >= 15 is 0 Å². The minimum Gasteiger partial charge on any atom is -0.478 e. The summed E-state index contributed by atoms with van der Waals surface area (Å²) < 4.78 is 10.1. The van der Waals surface area contributed by atoms with Gasteiger partial charge in [0.2, 0.25) is 5.91 Å². The minimum atomic E-state index is -1.04. The summed E-state index contributed by atoms with van der Waals surface area (Å²) in [4.78, 5) is 22.8. The van der Waals surface area contributed by atoms with E-state index in [4.69, 9.17) is 14.6 Å². The van der Waals surface area contributed by atoms with Gasteiger partial charge in [-0.1, -0.05) is 18.2 Å². The normalized spacial score (nSPS) is 10.5. The number of hydrogen-bond donors (Lipinski definition) is 2. The lowest BCUT2D eigenvalue weighted by Gasteiger charge is -2.04. The van der Waals surface area contributed by atoms with Crippen LogP contribution in [0, 0.1) is 0 Å². The van der Waals surface area contributed by atoms with E-state index in [9.17, 15) is 9.59 Å². The number of carboxylic acid groups (broad SMARTS) is 1. The summed E-state index contributed by atoms with van der Waals surface area (Å²) in [6.45, 7) is 0.174. The number of hydrogen-bond acceptors (Lipinski definition) is 4. The number of benzene rings is 2. The Kier molecular flexibility index (Phi) is 6.10. The fourth-order valence-electron chi connectivity index (χ4n) is 1.89. The van der Waals surface area contributed by atoms with Crippen LogP contribution in [0.3, 0.4) is 0 Å². The topological polar surface area (TPSA) is 84.9 Å². The Bertz CT molecular complexity index is 737. The quantitative estimate of drug-likeness (QED) is 0.603. The molecule has 0 aliphatic carbocycles. The van der Waals surface area contributed by atoms with E-state index in [1.165, 1.54) is 18.2 Å². The fourth-order valence-corrected chi connectivity index (χ4v) is 1.89. The molecule has 0 aliphatic heterocycles. The monoisotopic (exact) mass is 327 g/mol. The summed E-state index contributed by atoms with van der Waals surface area (Å²) in [5, 5.41) is 11.5. The lowest BCUT2D eigenvalue weighted by Crippen LogP contribution is -2.08. The summed E-state index contributed by atoms with van der Waals surface area (Å²) in [6.07, 6.45) is 3.02. The van der Waals surface area contributed by atoms with Crippen LogP contribution in [-0.4, -0.2) is 30.9 Å². The van der Waals surface area contributed by atoms with E-state index in [0.29, 0.717) is 11.4 Å². The number of ether oxygens (including phenoxy) is 2.